The van der Waals surface area contributed by atoms with Gasteiger partial charge in [-0.05, 0) is 50.4 Å². The number of piperidine rings is 1. The Morgan fingerprint density at radius 1 is 1.16 bits per heavy atom. The van der Waals surface area contributed by atoms with Crippen LogP contribution in [0.5, 0.6) is 0 Å². The minimum Gasteiger partial charge on any atom is -0.393 e. The first-order valence-corrected chi connectivity index (χ1v) is 8.33. The van der Waals surface area contributed by atoms with E-state index in [4.69, 9.17) is 0 Å². The van der Waals surface area contributed by atoms with Crippen molar-refractivity contribution in [3.05, 3.63) is 0 Å². The molecule has 3 aliphatic rings. The van der Waals surface area contributed by atoms with Gasteiger partial charge in [0.15, 0.2) is 0 Å². The number of aliphatic hydroxyl groups is 1. The standard InChI is InChI=1S/C16H30N2O/c1-3-16(19)12-8-14(17-13-4-5-13)10-18(9-12)15-6-11(2)7-15/h11-17,19H,3-10H2,1-2H3. The van der Waals surface area contributed by atoms with E-state index >= 15 is 0 Å². The summed E-state index contributed by atoms with van der Waals surface area (Å²) in [6.07, 6.45) is 7.41. The number of hydrogen-bond donors (Lipinski definition) is 2. The summed E-state index contributed by atoms with van der Waals surface area (Å²) >= 11 is 0. The topological polar surface area (TPSA) is 35.5 Å². The zero-order valence-corrected chi connectivity index (χ0v) is 12.5. The van der Waals surface area contributed by atoms with E-state index in [1.54, 1.807) is 0 Å². The third-order valence-electron chi connectivity index (χ3n) is 5.39. The maximum absolute atomic E-state index is 10.2. The van der Waals surface area contributed by atoms with Gasteiger partial charge >= 0.3 is 0 Å². The van der Waals surface area contributed by atoms with Gasteiger partial charge in [-0.1, -0.05) is 13.8 Å². The van der Waals surface area contributed by atoms with E-state index in [1.165, 1.54) is 38.6 Å². The van der Waals surface area contributed by atoms with Crippen molar-refractivity contribution < 1.29 is 5.11 Å². The van der Waals surface area contributed by atoms with Crippen LogP contribution in [0.15, 0.2) is 0 Å². The van der Waals surface area contributed by atoms with Gasteiger partial charge in [-0.15, -0.1) is 0 Å². The van der Waals surface area contributed by atoms with Gasteiger partial charge in [-0.3, -0.25) is 4.90 Å². The van der Waals surface area contributed by atoms with Gasteiger partial charge in [0.25, 0.3) is 0 Å². The molecule has 3 nitrogen and oxygen atoms in total. The summed E-state index contributed by atoms with van der Waals surface area (Å²) in [4.78, 5) is 2.67. The normalized spacial score (nSPS) is 41.8. The molecule has 3 fully saturated rings. The first-order chi connectivity index (χ1) is 9.15. The summed E-state index contributed by atoms with van der Waals surface area (Å²) in [5, 5.41) is 14.0. The van der Waals surface area contributed by atoms with Crippen molar-refractivity contribution in [3.8, 4) is 0 Å². The average Bonchev–Trinajstić information content (AvgIpc) is 3.17. The summed E-state index contributed by atoms with van der Waals surface area (Å²) < 4.78 is 0. The van der Waals surface area contributed by atoms with Crippen molar-refractivity contribution in [1.82, 2.24) is 10.2 Å². The van der Waals surface area contributed by atoms with Crippen LogP contribution in [0.4, 0.5) is 0 Å². The lowest BCUT2D eigenvalue weighted by Gasteiger charge is -2.48. The number of rotatable bonds is 5. The first kappa shape index (κ1) is 13.8. The summed E-state index contributed by atoms with van der Waals surface area (Å²) in [5.74, 6) is 1.39. The Hall–Kier alpha value is -0.120. The number of likely N-dealkylation sites (tertiary alicyclic amines) is 1. The van der Waals surface area contributed by atoms with Gasteiger partial charge in [0.2, 0.25) is 0 Å². The molecule has 0 amide bonds. The van der Waals surface area contributed by atoms with Crippen LogP contribution >= 0.6 is 0 Å². The molecular weight excluding hydrogens is 236 g/mol. The molecule has 0 radical (unpaired) electrons. The van der Waals surface area contributed by atoms with Gasteiger partial charge < -0.3 is 10.4 Å². The average molecular weight is 266 g/mol. The van der Waals surface area contributed by atoms with E-state index in [1.807, 2.05) is 0 Å². The second-order valence-electron chi connectivity index (χ2n) is 7.29. The molecule has 2 aliphatic carbocycles. The summed E-state index contributed by atoms with van der Waals surface area (Å²) in [5.41, 5.74) is 0. The smallest absolute Gasteiger partial charge is 0.0578 e. The Morgan fingerprint density at radius 2 is 1.89 bits per heavy atom. The largest absolute Gasteiger partial charge is 0.393 e. The second-order valence-corrected chi connectivity index (χ2v) is 7.29. The summed E-state index contributed by atoms with van der Waals surface area (Å²) in [6, 6.07) is 2.19. The predicted molar refractivity (Wildman–Crippen MR) is 78.1 cm³/mol. The fourth-order valence-corrected chi connectivity index (χ4v) is 3.95. The van der Waals surface area contributed by atoms with Crippen LogP contribution in [0.2, 0.25) is 0 Å². The van der Waals surface area contributed by atoms with Crippen LogP contribution in [0.25, 0.3) is 0 Å². The molecule has 110 valence electrons. The molecule has 0 aromatic heterocycles. The van der Waals surface area contributed by atoms with Gasteiger partial charge in [0, 0.05) is 31.2 Å². The third-order valence-corrected chi connectivity index (χ3v) is 5.39. The quantitative estimate of drug-likeness (QED) is 0.799. The van der Waals surface area contributed by atoms with Crippen molar-refractivity contribution in [2.45, 2.75) is 76.6 Å². The lowest BCUT2D eigenvalue weighted by molar-refractivity contribution is -0.00950. The Bertz CT molecular complexity index is 299. The highest BCUT2D eigenvalue weighted by Crippen LogP contribution is 2.35. The lowest BCUT2D eigenvalue weighted by Crippen LogP contribution is -2.57. The first-order valence-electron chi connectivity index (χ1n) is 8.33. The molecule has 3 unspecified atom stereocenters. The van der Waals surface area contributed by atoms with E-state index in [0.29, 0.717) is 12.0 Å². The molecule has 1 aliphatic heterocycles. The molecule has 3 rings (SSSR count). The van der Waals surface area contributed by atoms with E-state index in [0.717, 1.165) is 31.0 Å². The summed E-state index contributed by atoms with van der Waals surface area (Å²) in [6.45, 7) is 6.80. The van der Waals surface area contributed by atoms with Crippen LogP contribution in [-0.4, -0.2) is 47.3 Å². The molecular formula is C16H30N2O. The molecule has 1 saturated heterocycles. The van der Waals surface area contributed by atoms with Crippen molar-refractivity contribution in [2.24, 2.45) is 11.8 Å². The molecule has 0 spiro atoms. The van der Waals surface area contributed by atoms with Gasteiger partial charge in [0.05, 0.1) is 6.10 Å². The Balaban J connectivity index is 1.59. The van der Waals surface area contributed by atoms with E-state index in [9.17, 15) is 5.11 Å². The fraction of sp³-hybridized carbons (Fsp3) is 1.00. The number of nitrogens with one attached hydrogen (secondary N) is 1. The SMILES string of the molecule is CCC(O)C1CC(NC2CC2)CN(C2CC(C)C2)C1. The highest BCUT2D eigenvalue weighted by Gasteiger charge is 2.39. The van der Waals surface area contributed by atoms with E-state index < -0.39 is 0 Å². The Labute approximate surface area is 117 Å². The minimum atomic E-state index is -0.108. The highest BCUT2D eigenvalue weighted by atomic mass is 16.3. The molecule has 1 heterocycles. The second kappa shape index (κ2) is 5.71. The molecule has 0 aromatic carbocycles. The maximum atomic E-state index is 10.2. The number of aliphatic hydroxyl groups excluding tert-OH is 1. The zero-order valence-electron chi connectivity index (χ0n) is 12.5. The predicted octanol–water partition coefficient (Wildman–Crippen LogP) is 2.00. The zero-order chi connectivity index (χ0) is 13.4. The van der Waals surface area contributed by atoms with E-state index in [-0.39, 0.29) is 6.10 Å². The molecule has 3 heteroatoms. The van der Waals surface area contributed by atoms with Gasteiger partial charge in [-0.2, -0.15) is 0 Å². The van der Waals surface area contributed by atoms with Crippen LogP contribution < -0.4 is 5.32 Å². The molecule has 2 N–H and O–H groups in total. The lowest BCUT2D eigenvalue weighted by atomic mass is 9.78. The molecule has 19 heavy (non-hydrogen) atoms. The van der Waals surface area contributed by atoms with Crippen molar-refractivity contribution >= 4 is 0 Å². The van der Waals surface area contributed by atoms with Gasteiger partial charge in [0.1, 0.15) is 0 Å². The van der Waals surface area contributed by atoms with Crippen LogP contribution in [0.1, 0.15) is 52.4 Å². The number of hydrogen-bond acceptors (Lipinski definition) is 3. The van der Waals surface area contributed by atoms with Crippen LogP contribution in [0, 0.1) is 11.8 Å². The molecule has 0 bridgehead atoms. The monoisotopic (exact) mass is 266 g/mol. The fourth-order valence-electron chi connectivity index (χ4n) is 3.95. The van der Waals surface area contributed by atoms with Crippen molar-refractivity contribution in [1.29, 1.82) is 0 Å². The highest BCUT2D eigenvalue weighted by molar-refractivity contribution is 4.95. The molecule has 0 aromatic rings. The Morgan fingerprint density at radius 3 is 2.47 bits per heavy atom. The van der Waals surface area contributed by atoms with Crippen molar-refractivity contribution in [3.63, 3.8) is 0 Å². The maximum Gasteiger partial charge on any atom is 0.0578 e. The van der Waals surface area contributed by atoms with Crippen LogP contribution in [-0.2, 0) is 0 Å². The molecule has 2 saturated carbocycles. The third kappa shape index (κ3) is 3.32. The van der Waals surface area contributed by atoms with Crippen LogP contribution in [0.3, 0.4) is 0 Å². The summed E-state index contributed by atoms with van der Waals surface area (Å²) in [7, 11) is 0. The van der Waals surface area contributed by atoms with Crippen molar-refractivity contribution in [2.75, 3.05) is 13.1 Å². The van der Waals surface area contributed by atoms with E-state index in [2.05, 4.69) is 24.1 Å². The number of nitrogens with zero attached hydrogens (tertiary/aromatic N) is 1. The Kier molecular flexibility index (Phi) is 4.16. The minimum absolute atomic E-state index is 0.108. The van der Waals surface area contributed by atoms with Gasteiger partial charge in [-0.25, -0.2) is 0 Å². The molecule has 3 atom stereocenters.